The molecule has 0 saturated heterocycles. The van der Waals surface area contributed by atoms with E-state index < -0.39 is 9.05 Å². The summed E-state index contributed by atoms with van der Waals surface area (Å²) in [4.78, 5) is 11.6. The maximum Gasteiger partial charge on any atom is 0.264 e. The van der Waals surface area contributed by atoms with E-state index in [2.05, 4.69) is 5.32 Å². The van der Waals surface area contributed by atoms with Crippen LogP contribution in [-0.2, 0) is 20.4 Å². The maximum atomic E-state index is 11.7. The standard InChI is InChI=1S/C13H16ClNO4S/c1-19-11-6-5-9(7-12(11)20(14,17)18)8-15-13(16)10-3-2-4-10/h5-7,10H,2-4,8H2,1H3,(H,15,16). The van der Waals surface area contributed by atoms with Gasteiger partial charge in [-0.2, -0.15) is 0 Å². The Balaban J connectivity index is 2.10. The van der Waals surface area contributed by atoms with Crippen molar-refractivity contribution in [2.24, 2.45) is 5.92 Å². The van der Waals surface area contributed by atoms with Crippen molar-refractivity contribution in [3.05, 3.63) is 23.8 Å². The molecule has 1 fully saturated rings. The molecule has 0 aromatic heterocycles. The van der Waals surface area contributed by atoms with E-state index in [1.54, 1.807) is 6.07 Å². The van der Waals surface area contributed by atoms with Crippen LogP contribution in [0, 0.1) is 5.92 Å². The lowest BCUT2D eigenvalue weighted by Gasteiger charge is -2.24. The van der Waals surface area contributed by atoms with Gasteiger partial charge in [0.1, 0.15) is 10.6 Å². The SMILES string of the molecule is COc1ccc(CNC(=O)C2CCC2)cc1S(=O)(=O)Cl. The average molecular weight is 318 g/mol. The van der Waals surface area contributed by atoms with Gasteiger partial charge in [0.15, 0.2) is 0 Å². The van der Waals surface area contributed by atoms with Crippen LogP contribution in [0.1, 0.15) is 24.8 Å². The molecule has 1 aliphatic carbocycles. The minimum absolute atomic E-state index is 0.0161. The predicted molar refractivity (Wildman–Crippen MR) is 75.2 cm³/mol. The van der Waals surface area contributed by atoms with Crippen LogP contribution in [0.3, 0.4) is 0 Å². The first-order chi connectivity index (χ1) is 9.41. The molecule has 0 atom stereocenters. The number of hydrogen-bond acceptors (Lipinski definition) is 4. The third-order valence-electron chi connectivity index (χ3n) is 3.43. The lowest BCUT2D eigenvalue weighted by Crippen LogP contribution is -2.33. The molecule has 5 nitrogen and oxygen atoms in total. The van der Waals surface area contributed by atoms with Crippen LogP contribution in [0.15, 0.2) is 23.1 Å². The zero-order valence-corrected chi connectivity index (χ0v) is 12.6. The van der Waals surface area contributed by atoms with Gasteiger partial charge >= 0.3 is 0 Å². The average Bonchev–Trinajstić information content (AvgIpc) is 2.33. The Hall–Kier alpha value is -1.27. The number of rotatable bonds is 5. The molecule has 0 heterocycles. The summed E-state index contributed by atoms with van der Waals surface area (Å²) >= 11 is 0. The number of carbonyl (C=O) groups is 1. The van der Waals surface area contributed by atoms with Crippen LogP contribution in [0.2, 0.25) is 0 Å². The molecule has 7 heteroatoms. The molecule has 110 valence electrons. The maximum absolute atomic E-state index is 11.7. The van der Waals surface area contributed by atoms with Crippen molar-refractivity contribution in [1.29, 1.82) is 0 Å². The molecule has 0 bridgehead atoms. The summed E-state index contributed by atoms with van der Waals surface area (Å²) in [6, 6.07) is 4.65. The van der Waals surface area contributed by atoms with Crippen molar-refractivity contribution >= 4 is 25.6 Å². The Bertz CT molecular complexity index is 611. The number of amides is 1. The summed E-state index contributed by atoms with van der Waals surface area (Å²) in [5.74, 6) is 0.306. The number of methoxy groups -OCH3 is 1. The Kier molecular flexibility index (Phi) is 4.55. The molecule has 2 rings (SSSR count). The van der Waals surface area contributed by atoms with Gasteiger partial charge in [0, 0.05) is 23.1 Å². The summed E-state index contributed by atoms with van der Waals surface area (Å²) < 4.78 is 27.9. The van der Waals surface area contributed by atoms with Crippen LogP contribution in [0.5, 0.6) is 5.75 Å². The number of halogens is 1. The van der Waals surface area contributed by atoms with Gasteiger partial charge in [-0.3, -0.25) is 4.79 Å². The zero-order chi connectivity index (χ0) is 14.8. The van der Waals surface area contributed by atoms with E-state index in [-0.39, 0.29) is 29.0 Å². The number of carbonyl (C=O) groups excluding carboxylic acids is 1. The lowest BCUT2D eigenvalue weighted by molar-refractivity contribution is -0.127. The molecule has 1 aromatic rings. The van der Waals surface area contributed by atoms with Crippen molar-refractivity contribution < 1.29 is 17.9 Å². The quantitative estimate of drug-likeness (QED) is 0.843. The predicted octanol–water partition coefficient (Wildman–Crippen LogP) is 2.04. The minimum Gasteiger partial charge on any atom is -0.495 e. The van der Waals surface area contributed by atoms with Crippen molar-refractivity contribution in [2.75, 3.05) is 7.11 Å². The summed E-state index contributed by atoms with van der Waals surface area (Å²) in [6.45, 7) is 0.277. The zero-order valence-electron chi connectivity index (χ0n) is 11.1. The molecule has 20 heavy (non-hydrogen) atoms. The van der Waals surface area contributed by atoms with Gasteiger partial charge < -0.3 is 10.1 Å². The van der Waals surface area contributed by atoms with Crippen molar-refractivity contribution in [2.45, 2.75) is 30.7 Å². The van der Waals surface area contributed by atoms with Gasteiger partial charge in [-0.1, -0.05) is 12.5 Å². The third kappa shape index (κ3) is 3.43. The lowest BCUT2D eigenvalue weighted by atomic mass is 9.85. The molecule has 1 aromatic carbocycles. The van der Waals surface area contributed by atoms with E-state index in [1.807, 2.05) is 0 Å². The third-order valence-corrected chi connectivity index (χ3v) is 4.78. The molecule has 0 aliphatic heterocycles. The molecular formula is C13H16ClNO4S. The molecule has 0 radical (unpaired) electrons. The van der Waals surface area contributed by atoms with Crippen molar-refractivity contribution in [3.63, 3.8) is 0 Å². The highest BCUT2D eigenvalue weighted by molar-refractivity contribution is 8.13. The van der Waals surface area contributed by atoms with Gasteiger partial charge in [-0.15, -0.1) is 0 Å². The van der Waals surface area contributed by atoms with E-state index in [9.17, 15) is 13.2 Å². The highest BCUT2D eigenvalue weighted by Crippen LogP contribution is 2.28. The molecule has 1 N–H and O–H groups in total. The highest BCUT2D eigenvalue weighted by atomic mass is 35.7. The second kappa shape index (κ2) is 6.01. The summed E-state index contributed by atoms with van der Waals surface area (Å²) in [6.07, 6.45) is 2.95. The number of hydrogen-bond donors (Lipinski definition) is 1. The fraction of sp³-hybridized carbons (Fsp3) is 0.462. The van der Waals surface area contributed by atoms with Crippen molar-refractivity contribution in [1.82, 2.24) is 5.32 Å². The Morgan fingerprint density at radius 3 is 2.65 bits per heavy atom. The van der Waals surface area contributed by atoms with Gasteiger partial charge in [0.05, 0.1) is 7.11 Å². The van der Waals surface area contributed by atoms with Crippen LogP contribution in [-0.4, -0.2) is 21.4 Å². The second-order valence-electron chi connectivity index (χ2n) is 4.77. The normalized spacial score (nSPS) is 15.5. The first-order valence-corrected chi connectivity index (χ1v) is 8.62. The summed E-state index contributed by atoms with van der Waals surface area (Å²) in [5, 5.41) is 2.80. The monoisotopic (exact) mass is 317 g/mol. The number of nitrogens with one attached hydrogen (secondary N) is 1. The van der Waals surface area contributed by atoms with E-state index in [1.165, 1.54) is 19.2 Å². The Morgan fingerprint density at radius 2 is 2.15 bits per heavy atom. The molecule has 0 unspecified atom stereocenters. The fourth-order valence-corrected chi connectivity index (χ4v) is 3.07. The van der Waals surface area contributed by atoms with E-state index >= 15 is 0 Å². The molecule has 1 saturated carbocycles. The van der Waals surface area contributed by atoms with Crippen LogP contribution < -0.4 is 10.1 Å². The van der Waals surface area contributed by atoms with E-state index in [0.717, 1.165) is 19.3 Å². The molecule has 0 spiro atoms. The largest absolute Gasteiger partial charge is 0.495 e. The highest BCUT2D eigenvalue weighted by Gasteiger charge is 2.25. The Labute approximate surface area is 122 Å². The molecular weight excluding hydrogens is 302 g/mol. The summed E-state index contributed by atoms with van der Waals surface area (Å²) in [5.41, 5.74) is 0.665. The van der Waals surface area contributed by atoms with Crippen molar-refractivity contribution in [3.8, 4) is 5.75 Å². The Morgan fingerprint density at radius 1 is 1.45 bits per heavy atom. The fourth-order valence-electron chi connectivity index (χ4n) is 2.03. The number of benzene rings is 1. The second-order valence-corrected chi connectivity index (χ2v) is 7.30. The van der Waals surface area contributed by atoms with Gasteiger partial charge in [0.25, 0.3) is 9.05 Å². The van der Waals surface area contributed by atoms with Gasteiger partial charge in [0.2, 0.25) is 5.91 Å². The smallest absolute Gasteiger partial charge is 0.264 e. The van der Waals surface area contributed by atoms with E-state index in [4.69, 9.17) is 15.4 Å². The van der Waals surface area contributed by atoms with Crippen LogP contribution >= 0.6 is 10.7 Å². The van der Waals surface area contributed by atoms with Crippen LogP contribution in [0.25, 0.3) is 0 Å². The summed E-state index contributed by atoms with van der Waals surface area (Å²) in [7, 11) is 2.86. The minimum atomic E-state index is -3.88. The van der Waals surface area contributed by atoms with E-state index in [0.29, 0.717) is 5.56 Å². The molecule has 1 amide bonds. The van der Waals surface area contributed by atoms with Gasteiger partial charge in [-0.05, 0) is 30.5 Å². The topological polar surface area (TPSA) is 72.5 Å². The number of ether oxygens (including phenoxy) is 1. The van der Waals surface area contributed by atoms with Gasteiger partial charge in [-0.25, -0.2) is 8.42 Å². The first-order valence-electron chi connectivity index (χ1n) is 6.31. The first kappa shape index (κ1) is 15.1. The molecule has 1 aliphatic rings. The van der Waals surface area contributed by atoms with Crippen LogP contribution in [0.4, 0.5) is 0 Å².